The van der Waals surface area contributed by atoms with Gasteiger partial charge in [-0.25, -0.2) is 19.3 Å². The molecular formula is C21H22FN5OS. The first-order valence-electron chi connectivity index (χ1n) is 10.1. The van der Waals surface area contributed by atoms with E-state index in [0.29, 0.717) is 18.4 Å². The molecule has 1 atom stereocenters. The summed E-state index contributed by atoms with van der Waals surface area (Å²) in [6.45, 7) is 3.12. The molecule has 6 rings (SSSR count). The Morgan fingerprint density at radius 1 is 1.10 bits per heavy atom. The number of rotatable bonds is 3. The number of fused-ring (bicyclic) bond motifs is 1. The van der Waals surface area contributed by atoms with E-state index in [1.54, 1.807) is 11.3 Å². The molecule has 6 nitrogen and oxygen atoms in total. The average molecular weight is 412 g/mol. The maximum atomic E-state index is 13.4. The van der Waals surface area contributed by atoms with Crippen LogP contribution in [0.15, 0.2) is 30.6 Å². The van der Waals surface area contributed by atoms with Crippen LogP contribution in [0.4, 0.5) is 16.0 Å². The molecule has 0 aromatic carbocycles. The largest absolute Gasteiger partial charge is 0.393 e. The Labute approximate surface area is 172 Å². The second-order valence-corrected chi connectivity index (χ2v) is 9.72. The number of aliphatic hydroxyl groups excluding tert-OH is 1. The van der Waals surface area contributed by atoms with E-state index in [9.17, 15) is 9.50 Å². The summed E-state index contributed by atoms with van der Waals surface area (Å²) in [5.74, 6) is 1.81. The number of hydrogen-bond acceptors (Lipinski definition) is 7. The van der Waals surface area contributed by atoms with Gasteiger partial charge >= 0.3 is 0 Å². The smallest absolute Gasteiger partial charge is 0.130 e. The molecule has 1 saturated carbocycles. The Morgan fingerprint density at radius 3 is 2.62 bits per heavy atom. The minimum absolute atomic E-state index is 0.111. The van der Waals surface area contributed by atoms with Crippen molar-refractivity contribution in [3.8, 4) is 10.6 Å². The van der Waals surface area contributed by atoms with Crippen LogP contribution in [0.5, 0.6) is 0 Å². The van der Waals surface area contributed by atoms with E-state index < -0.39 is 6.17 Å². The highest BCUT2D eigenvalue weighted by Crippen LogP contribution is 2.49. The molecule has 3 aromatic heterocycles. The highest BCUT2D eigenvalue weighted by molar-refractivity contribution is 7.21. The lowest BCUT2D eigenvalue weighted by molar-refractivity contribution is -0.0494. The van der Waals surface area contributed by atoms with Gasteiger partial charge in [-0.1, -0.05) is 0 Å². The molecule has 0 radical (unpaired) electrons. The van der Waals surface area contributed by atoms with Crippen molar-refractivity contribution in [3.05, 3.63) is 30.6 Å². The molecular weight excluding hydrogens is 389 g/mol. The monoisotopic (exact) mass is 411 g/mol. The molecule has 0 amide bonds. The maximum Gasteiger partial charge on any atom is 0.130 e. The van der Waals surface area contributed by atoms with Crippen molar-refractivity contribution >= 4 is 33.2 Å². The zero-order valence-electron chi connectivity index (χ0n) is 16.0. The fraction of sp³-hybridized carbons (Fsp3) is 0.476. The van der Waals surface area contributed by atoms with Crippen LogP contribution in [0.2, 0.25) is 0 Å². The van der Waals surface area contributed by atoms with Gasteiger partial charge in [-0.3, -0.25) is 0 Å². The average Bonchev–Trinajstić information content (AvgIpc) is 3.29. The molecule has 3 fully saturated rings. The van der Waals surface area contributed by atoms with Crippen LogP contribution in [0, 0.1) is 5.41 Å². The van der Waals surface area contributed by atoms with Crippen molar-refractivity contribution in [1.82, 2.24) is 15.0 Å². The molecule has 3 aliphatic rings. The number of hydrogen-bond donors (Lipinski definition) is 1. The quantitative estimate of drug-likeness (QED) is 0.714. The number of thiazole rings is 1. The van der Waals surface area contributed by atoms with Crippen LogP contribution in [0.1, 0.15) is 19.3 Å². The zero-order chi connectivity index (χ0) is 19.6. The molecule has 1 aliphatic carbocycles. The number of aliphatic hydroxyl groups is 1. The molecule has 150 valence electrons. The number of aromatic nitrogens is 3. The molecule has 5 heterocycles. The summed E-state index contributed by atoms with van der Waals surface area (Å²) in [4.78, 5) is 18.1. The number of halogens is 1. The minimum Gasteiger partial charge on any atom is -0.393 e. The molecule has 2 aliphatic heterocycles. The Kier molecular flexibility index (Phi) is 3.83. The van der Waals surface area contributed by atoms with Crippen molar-refractivity contribution in [2.24, 2.45) is 5.41 Å². The summed E-state index contributed by atoms with van der Waals surface area (Å²) in [5, 5.41) is 10.5. The predicted octanol–water partition coefficient (Wildman–Crippen LogP) is 3.26. The number of nitrogens with zero attached hydrogens (tertiary/aromatic N) is 5. The Hall–Kier alpha value is -2.32. The molecule has 29 heavy (non-hydrogen) atoms. The summed E-state index contributed by atoms with van der Waals surface area (Å²) in [6, 6.07) is 6.09. The van der Waals surface area contributed by atoms with Gasteiger partial charge in [0.15, 0.2) is 0 Å². The van der Waals surface area contributed by atoms with Crippen LogP contribution < -0.4 is 9.80 Å². The molecule has 2 saturated heterocycles. The Morgan fingerprint density at radius 2 is 1.93 bits per heavy atom. The fourth-order valence-electron chi connectivity index (χ4n) is 4.87. The van der Waals surface area contributed by atoms with E-state index in [-0.39, 0.29) is 6.10 Å². The summed E-state index contributed by atoms with van der Waals surface area (Å²) < 4.78 is 14.5. The molecule has 3 aromatic rings. The number of pyridine rings is 2. The standard InChI is InChI=1S/C21H22FN5OS/c22-14-3-4-26(10-14)18-2-1-13(8-23-18)20-25-16-9-24-19(5-17(16)29-20)27-11-21(12-27)6-15(28)7-21/h1-2,5,8-9,14-15,28H,3-4,6-7,10-12H2. The third kappa shape index (κ3) is 2.97. The van der Waals surface area contributed by atoms with E-state index in [2.05, 4.69) is 20.9 Å². The summed E-state index contributed by atoms with van der Waals surface area (Å²) in [7, 11) is 0. The van der Waals surface area contributed by atoms with E-state index in [0.717, 1.165) is 64.9 Å². The van der Waals surface area contributed by atoms with Gasteiger partial charge in [-0.15, -0.1) is 11.3 Å². The zero-order valence-corrected chi connectivity index (χ0v) is 16.8. The highest BCUT2D eigenvalue weighted by Gasteiger charge is 2.52. The van der Waals surface area contributed by atoms with Crippen LogP contribution in [-0.4, -0.2) is 58.5 Å². The van der Waals surface area contributed by atoms with Gasteiger partial charge < -0.3 is 14.9 Å². The summed E-state index contributed by atoms with van der Waals surface area (Å²) in [5.41, 5.74) is 2.19. The van der Waals surface area contributed by atoms with Gasteiger partial charge in [0.25, 0.3) is 0 Å². The van der Waals surface area contributed by atoms with Gasteiger partial charge in [0.1, 0.15) is 28.3 Å². The predicted molar refractivity (Wildman–Crippen MR) is 112 cm³/mol. The summed E-state index contributed by atoms with van der Waals surface area (Å²) in [6.07, 6.45) is 5.23. The Bertz CT molecular complexity index is 1060. The lowest BCUT2D eigenvalue weighted by atomic mass is 9.62. The highest BCUT2D eigenvalue weighted by atomic mass is 32.1. The van der Waals surface area contributed by atoms with Gasteiger partial charge in [-0.05, 0) is 31.4 Å². The normalized spacial score (nSPS) is 23.6. The van der Waals surface area contributed by atoms with Gasteiger partial charge in [0.05, 0.1) is 23.5 Å². The lowest BCUT2D eigenvalue weighted by Crippen LogP contribution is -2.64. The lowest BCUT2D eigenvalue weighted by Gasteiger charge is -2.58. The third-order valence-electron chi connectivity index (χ3n) is 6.42. The minimum atomic E-state index is -0.752. The van der Waals surface area contributed by atoms with E-state index in [1.165, 1.54) is 0 Å². The van der Waals surface area contributed by atoms with Crippen molar-refractivity contribution in [2.45, 2.75) is 31.5 Å². The van der Waals surface area contributed by atoms with Crippen LogP contribution in [-0.2, 0) is 0 Å². The van der Waals surface area contributed by atoms with Crippen molar-refractivity contribution in [1.29, 1.82) is 0 Å². The number of alkyl halides is 1. The Balaban J connectivity index is 1.21. The van der Waals surface area contributed by atoms with Crippen LogP contribution >= 0.6 is 11.3 Å². The van der Waals surface area contributed by atoms with E-state index in [4.69, 9.17) is 4.98 Å². The van der Waals surface area contributed by atoms with Gasteiger partial charge in [0, 0.05) is 42.9 Å². The molecule has 1 N–H and O–H groups in total. The topological polar surface area (TPSA) is 65.4 Å². The first-order valence-corrected chi connectivity index (χ1v) is 10.9. The maximum absolute atomic E-state index is 13.4. The first-order chi connectivity index (χ1) is 14.1. The van der Waals surface area contributed by atoms with E-state index in [1.807, 2.05) is 29.4 Å². The van der Waals surface area contributed by atoms with E-state index >= 15 is 0 Å². The number of anilines is 2. The molecule has 8 heteroatoms. The summed E-state index contributed by atoms with van der Waals surface area (Å²) >= 11 is 1.64. The second-order valence-electron chi connectivity index (χ2n) is 8.68. The van der Waals surface area contributed by atoms with Gasteiger partial charge in [-0.2, -0.15) is 0 Å². The first kappa shape index (κ1) is 17.5. The van der Waals surface area contributed by atoms with Crippen molar-refractivity contribution in [2.75, 3.05) is 36.0 Å². The van der Waals surface area contributed by atoms with Crippen LogP contribution in [0.25, 0.3) is 20.8 Å². The van der Waals surface area contributed by atoms with Crippen LogP contribution in [0.3, 0.4) is 0 Å². The molecule has 0 bridgehead atoms. The fourth-order valence-corrected chi connectivity index (χ4v) is 5.82. The van der Waals surface area contributed by atoms with Crippen molar-refractivity contribution in [3.63, 3.8) is 0 Å². The molecule has 1 unspecified atom stereocenters. The third-order valence-corrected chi connectivity index (χ3v) is 7.49. The SMILES string of the molecule is OC1CC2(C1)CN(c1cc3sc(-c4ccc(N5CCC(F)C5)nc4)nc3cn1)C2. The van der Waals surface area contributed by atoms with Gasteiger partial charge in [0.2, 0.25) is 0 Å². The second kappa shape index (κ2) is 6.34. The molecule has 1 spiro atoms. The van der Waals surface area contributed by atoms with Crippen molar-refractivity contribution < 1.29 is 9.50 Å².